The minimum absolute atomic E-state index is 0.0166. The van der Waals surface area contributed by atoms with Crippen LogP contribution in [0.4, 0.5) is 0 Å². The second-order valence-corrected chi connectivity index (χ2v) is 5.00. The Morgan fingerprint density at radius 3 is 2.95 bits per heavy atom. The molecule has 1 aromatic heterocycles. The number of hydrogen-bond donors (Lipinski definition) is 0. The Morgan fingerprint density at radius 1 is 1.40 bits per heavy atom. The summed E-state index contributed by atoms with van der Waals surface area (Å²) in [5, 5.41) is 4.40. The average Bonchev–Trinajstić information content (AvgIpc) is 2.93. The molecule has 0 radical (unpaired) electrons. The van der Waals surface area contributed by atoms with Crippen LogP contribution in [-0.2, 0) is 17.7 Å². The van der Waals surface area contributed by atoms with Crippen molar-refractivity contribution in [3.8, 4) is 0 Å². The van der Waals surface area contributed by atoms with Crippen LogP contribution in [0.3, 0.4) is 0 Å². The fourth-order valence-electron chi connectivity index (χ4n) is 2.55. The van der Waals surface area contributed by atoms with Gasteiger partial charge < -0.3 is 4.74 Å². The van der Waals surface area contributed by atoms with E-state index in [0.29, 0.717) is 18.7 Å². The molecule has 0 spiro atoms. The van der Waals surface area contributed by atoms with Crippen molar-refractivity contribution in [2.24, 2.45) is 0 Å². The number of hydrogen-bond acceptors (Lipinski definition) is 3. The predicted octanol–water partition coefficient (Wildman–Crippen LogP) is 2.79. The van der Waals surface area contributed by atoms with Crippen molar-refractivity contribution in [1.82, 2.24) is 9.78 Å². The lowest BCUT2D eigenvalue weighted by Gasteiger charge is -2.24. The molecule has 104 valence electrons. The van der Waals surface area contributed by atoms with Crippen molar-refractivity contribution in [3.05, 3.63) is 53.3 Å². The van der Waals surface area contributed by atoms with Crippen LogP contribution in [-0.4, -0.2) is 22.2 Å². The van der Waals surface area contributed by atoms with Crippen molar-refractivity contribution < 1.29 is 9.53 Å². The fourth-order valence-corrected chi connectivity index (χ4v) is 2.55. The molecule has 4 nitrogen and oxygen atoms in total. The highest BCUT2D eigenvalue weighted by molar-refractivity contribution is 5.94. The van der Waals surface area contributed by atoms with Gasteiger partial charge >= 0.3 is 0 Å². The Labute approximate surface area is 118 Å². The quantitative estimate of drug-likeness (QED) is 0.802. The standard InChI is InChI=1S/C16H18N2O2/c1-2-15(19)13-11-14-16(20-9-8-18(14)17-13)10-12-6-4-3-5-7-12/h3-7,11,16H,2,8-10H2,1H3/t16-/m1/s1. The van der Waals surface area contributed by atoms with Gasteiger partial charge in [-0.3, -0.25) is 9.48 Å². The number of aromatic nitrogens is 2. The first-order valence-electron chi connectivity index (χ1n) is 7.04. The van der Waals surface area contributed by atoms with Crippen molar-refractivity contribution in [2.75, 3.05) is 6.61 Å². The van der Waals surface area contributed by atoms with Crippen LogP contribution < -0.4 is 0 Å². The molecule has 3 rings (SSSR count). The molecule has 0 unspecified atom stereocenters. The number of carbonyl (C=O) groups excluding carboxylic acids is 1. The smallest absolute Gasteiger partial charge is 0.182 e. The third kappa shape index (κ3) is 2.51. The lowest BCUT2D eigenvalue weighted by molar-refractivity contribution is 0.0170. The number of nitrogens with zero attached hydrogens (tertiary/aromatic N) is 2. The zero-order chi connectivity index (χ0) is 13.9. The van der Waals surface area contributed by atoms with Gasteiger partial charge in [0.1, 0.15) is 11.8 Å². The maximum absolute atomic E-state index is 11.8. The maximum atomic E-state index is 11.8. The van der Waals surface area contributed by atoms with Crippen LogP contribution in [0.2, 0.25) is 0 Å². The molecule has 2 heterocycles. The van der Waals surface area contributed by atoms with Crippen molar-refractivity contribution in [3.63, 3.8) is 0 Å². The molecule has 2 aromatic rings. The molecule has 1 atom stereocenters. The van der Waals surface area contributed by atoms with Gasteiger partial charge in [0.15, 0.2) is 5.78 Å². The van der Waals surface area contributed by atoms with Gasteiger partial charge in [0.25, 0.3) is 0 Å². The summed E-state index contributed by atoms with van der Waals surface area (Å²) in [7, 11) is 0. The highest BCUT2D eigenvalue weighted by Gasteiger charge is 2.24. The zero-order valence-corrected chi connectivity index (χ0v) is 11.6. The topological polar surface area (TPSA) is 44.1 Å². The molecule has 0 amide bonds. The van der Waals surface area contributed by atoms with Gasteiger partial charge in [0, 0.05) is 12.8 Å². The largest absolute Gasteiger partial charge is 0.370 e. The van der Waals surface area contributed by atoms with Crippen LogP contribution in [0.15, 0.2) is 36.4 Å². The van der Waals surface area contributed by atoms with E-state index in [1.165, 1.54) is 5.56 Å². The molecule has 4 heteroatoms. The van der Waals surface area contributed by atoms with Crippen molar-refractivity contribution >= 4 is 5.78 Å². The van der Waals surface area contributed by atoms with Gasteiger partial charge in [-0.05, 0) is 11.6 Å². The minimum Gasteiger partial charge on any atom is -0.370 e. The summed E-state index contributed by atoms with van der Waals surface area (Å²) >= 11 is 0. The highest BCUT2D eigenvalue weighted by atomic mass is 16.5. The molecule has 1 aliphatic rings. The summed E-state index contributed by atoms with van der Waals surface area (Å²) < 4.78 is 7.78. The average molecular weight is 270 g/mol. The first-order chi connectivity index (χ1) is 9.78. The molecule has 1 aliphatic heterocycles. The summed E-state index contributed by atoms with van der Waals surface area (Å²) in [4.78, 5) is 11.8. The lowest BCUT2D eigenvalue weighted by atomic mass is 10.0. The molecule has 0 aliphatic carbocycles. The van der Waals surface area contributed by atoms with Crippen molar-refractivity contribution in [1.29, 1.82) is 0 Å². The first kappa shape index (κ1) is 13.1. The molecule has 20 heavy (non-hydrogen) atoms. The van der Waals surface area contributed by atoms with E-state index in [1.54, 1.807) is 0 Å². The van der Waals surface area contributed by atoms with Crippen LogP contribution in [0.25, 0.3) is 0 Å². The van der Waals surface area contributed by atoms with Gasteiger partial charge in [-0.1, -0.05) is 37.3 Å². The third-order valence-corrected chi connectivity index (χ3v) is 3.63. The number of benzene rings is 1. The number of Topliss-reactive ketones (excluding diaryl/α,β-unsaturated/α-hetero) is 1. The van der Waals surface area contributed by atoms with Gasteiger partial charge in [-0.25, -0.2) is 0 Å². The summed E-state index contributed by atoms with van der Waals surface area (Å²) in [6.45, 7) is 3.22. The van der Waals surface area contributed by atoms with Crippen LogP contribution in [0.5, 0.6) is 0 Å². The van der Waals surface area contributed by atoms with E-state index in [-0.39, 0.29) is 11.9 Å². The summed E-state index contributed by atoms with van der Waals surface area (Å²) in [6.07, 6.45) is 1.28. The second-order valence-electron chi connectivity index (χ2n) is 5.00. The van der Waals surface area contributed by atoms with E-state index in [0.717, 1.165) is 18.7 Å². The van der Waals surface area contributed by atoms with Gasteiger partial charge in [0.05, 0.1) is 18.8 Å². The highest BCUT2D eigenvalue weighted by Crippen LogP contribution is 2.26. The Balaban J connectivity index is 1.86. The predicted molar refractivity (Wildman–Crippen MR) is 75.7 cm³/mol. The van der Waals surface area contributed by atoms with E-state index in [2.05, 4.69) is 17.2 Å². The Kier molecular flexibility index (Phi) is 3.65. The molecular weight excluding hydrogens is 252 g/mol. The lowest BCUT2D eigenvalue weighted by Crippen LogP contribution is -2.23. The molecule has 0 bridgehead atoms. The molecule has 0 fully saturated rings. The molecule has 1 aromatic carbocycles. The monoisotopic (exact) mass is 270 g/mol. The summed E-state index contributed by atoms with van der Waals surface area (Å²) in [6, 6.07) is 12.1. The zero-order valence-electron chi connectivity index (χ0n) is 11.6. The third-order valence-electron chi connectivity index (χ3n) is 3.63. The Hall–Kier alpha value is -1.94. The number of rotatable bonds is 4. The summed E-state index contributed by atoms with van der Waals surface area (Å²) in [5.74, 6) is 0.0883. The van der Waals surface area contributed by atoms with Crippen LogP contribution in [0.1, 0.15) is 41.2 Å². The molecule has 0 saturated carbocycles. The van der Waals surface area contributed by atoms with Crippen LogP contribution in [0, 0.1) is 0 Å². The van der Waals surface area contributed by atoms with E-state index in [4.69, 9.17) is 4.74 Å². The van der Waals surface area contributed by atoms with E-state index >= 15 is 0 Å². The van der Waals surface area contributed by atoms with E-state index in [9.17, 15) is 4.79 Å². The van der Waals surface area contributed by atoms with E-state index < -0.39 is 0 Å². The molecule has 0 N–H and O–H groups in total. The van der Waals surface area contributed by atoms with Crippen LogP contribution >= 0.6 is 0 Å². The summed E-state index contributed by atoms with van der Waals surface area (Å²) in [5.41, 5.74) is 2.80. The number of ketones is 1. The van der Waals surface area contributed by atoms with E-state index in [1.807, 2.05) is 35.9 Å². The molecular formula is C16H18N2O2. The maximum Gasteiger partial charge on any atom is 0.182 e. The number of fused-ring (bicyclic) bond motifs is 1. The van der Waals surface area contributed by atoms with Gasteiger partial charge in [-0.2, -0.15) is 5.10 Å². The normalized spacial score (nSPS) is 17.8. The van der Waals surface area contributed by atoms with Crippen molar-refractivity contribution in [2.45, 2.75) is 32.4 Å². The second kappa shape index (κ2) is 5.59. The Bertz CT molecular complexity index is 604. The fraction of sp³-hybridized carbons (Fsp3) is 0.375. The Morgan fingerprint density at radius 2 is 2.20 bits per heavy atom. The minimum atomic E-state index is -0.0166. The number of carbonyl (C=O) groups is 1. The SMILES string of the molecule is CCC(=O)c1cc2n(n1)CCO[C@@H]2Cc1ccccc1. The van der Waals surface area contributed by atoms with Gasteiger partial charge in [0.2, 0.25) is 0 Å². The van der Waals surface area contributed by atoms with Gasteiger partial charge in [-0.15, -0.1) is 0 Å². The number of ether oxygens (including phenoxy) is 1. The first-order valence-corrected chi connectivity index (χ1v) is 7.04. The molecule has 0 saturated heterocycles.